The van der Waals surface area contributed by atoms with Crippen molar-refractivity contribution in [3.8, 4) is 5.69 Å². The van der Waals surface area contributed by atoms with Crippen molar-refractivity contribution in [2.75, 3.05) is 6.61 Å². The average molecular weight is 336 g/mol. The summed E-state index contributed by atoms with van der Waals surface area (Å²) in [6.07, 6.45) is 8.28. The number of hydrogen-bond donors (Lipinski definition) is 1. The minimum absolute atomic E-state index is 0.119. The van der Waals surface area contributed by atoms with Crippen LogP contribution in [0.15, 0.2) is 67.3 Å². The highest BCUT2D eigenvalue weighted by molar-refractivity contribution is 5.35. The summed E-state index contributed by atoms with van der Waals surface area (Å²) in [5.41, 5.74) is 3.39. The molecular formula is C20H24N4O. The predicted octanol–water partition coefficient (Wildman–Crippen LogP) is 3.04. The second-order valence-electron chi connectivity index (χ2n) is 6.13. The normalized spacial score (nSPS) is 12.4. The van der Waals surface area contributed by atoms with Gasteiger partial charge in [-0.1, -0.05) is 25.1 Å². The van der Waals surface area contributed by atoms with Crippen molar-refractivity contribution in [2.24, 2.45) is 0 Å². The van der Waals surface area contributed by atoms with Crippen molar-refractivity contribution < 1.29 is 5.11 Å². The summed E-state index contributed by atoms with van der Waals surface area (Å²) < 4.78 is 1.86. The fraction of sp³-hybridized carbons (Fsp3) is 0.300. The van der Waals surface area contributed by atoms with Crippen LogP contribution in [-0.4, -0.2) is 37.4 Å². The third-order valence-electron chi connectivity index (χ3n) is 4.37. The lowest BCUT2D eigenvalue weighted by Crippen LogP contribution is -2.36. The monoisotopic (exact) mass is 336 g/mol. The molecule has 25 heavy (non-hydrogen) atoms. The van der Waals surface area contributed by atoms with Crippen LogP contribution in [0, 0.1) is 0 Å². The summed E-state index contributed by atoms with van der Waals surface area (Å²) in [6.45, 7) is 3.79. The van der Waals surface area contributed by atoms with Gasteiger partial charge in [0.15, 0.2) is 0 Å². The molecule has 2 heterocycles. The predicted molar refractivity (Wildman–Crippen MR) is 98.2 cm³/mol. The van der Waals surface area contributed by atoms with Crippen molar-refractivity contribution in [1.29, 1.82) is 0 Å². The fourth-order valence-electron chi connectivity index (χ4n) is 3.00. The molecule has 0 amide bonds. The van der Waals surface area contributed by atoms with Crippen molar-refractivity contribution in [3.05, 3.63) is 78.4 Å². The maximum Gasteiger partial charge on any atom is 0.0648 e. The standard InChI is InChI=1S/C20H24N4O/c1-2-19(16-25)23(15-18-7-4-9-21-13-18)14-17-6-3-8-20(12-17)24-11-5-10-22-24/h3-13,19,25H,2,14-16H2,1H3/t19-/m0/s1. The van der Waals surface area contributed by atoms with Crippen molar-refractivity contribution >= 4 is 0 Å². The summed E-state index contributed by atoms with van der Waals surface area (Å²) in [7, 11) is 0. The number of hydrogen-bond acceptors (Lipinski definition) is 4. The molecule has 1 N–H and O–H groups in total. The quantitative estimate of drug-likeness (QED) is 0.687. The van der Waals surface area contributed by atoms with Gasteiger partial charge >= 0.3 is 0 Å². The van der Waals surface area contributed by atoms with E-state index in [0.717, 1.165) is 30.8 Å². The molecule has 3 aromatic rings. The van der Waals surface area contributed by atoms with E-state index in [1.165, 1.54) is 5.56 Å². The van der Waals surface area contributed by atoms with Gasteiger partial charge in [-0.2, -0.15) is 5.10 Å². The van der Waals surface area contributed by atoms with Crippen LogP contribution in [0.4, 0.5) is 0 Å². The first-order valence-corrected chi connectivity index (χ1v) is 8.63. The molecule has 0 aliphatic carbocycles. The lowest BCUT2D eigenvalue weighted by Gasteiger charge is -2.30. The fourth-order valence-corrected chi connectivity index (χ4v) is 3.00. The van der Waals surface area contributed by atoms with Gasteiger partial charge < -0.3 is 5.11 Å². The summed E-state index contributed by atoms with van der Waals surface area (Å²) in [5.74, 6) is 0. The molecule has 130 valence electrons. The van der Waals surface area contributed by atoms with Crippen LogP contribution < -0.4 is 0 Å². The van der Waals surface area contributed by atoms with E-state index in [1.807, 2.05) is 35.3 Å². The first-order valence-electron chi connectivity index (χ1n) is 8.63. The summed E-state index contributed by atoms with van der Waals surface area (Å²) in [6, 6.07) is 14.4. The molecule has 0 unspecified atom stereocenters. The SMILES string of the molecule is CC[C@@H](CO)N(Cc1cccnc1)Cc1cccc(-n2cccn2)c1. The van der Waals surface area contributed by atoms with Gasteiger partial charge in [-0.25, -0.2) is 4.68 Å². The van der Waals surface area contributed by atoms with E-state index in [4.69, 9.17) is 0 Å². The first kappa shape index (κ1) is 17.3. The van der Waals surface area contributed by atoms with Crippen molar-refractivity contribution in [2.45, 2.75) is 32.5 Å². The maximum absolute atomic E-state index is 9.79. The van der Waals surface area contributed by atoms with E-state index in [2.05, 4.69) is 46.2 Å². The van der Waals surface area contributed by atoms with Crippen LogP contribution in [0.5, 0.6) is 0 Å². The van der Waals surface area contributed by atoms with Gasteiger partial charge in [0.1, 0.15) is 0 Å². The molecule has 1 atom stereocenters. The maximum atomic E-state index is 9.79. The Bertz CT molecular complexity index is 754. The number of benzene rings is 1. The van der Waals surface area contributed by atoms with E-state index in [-0.39, 0.29) is 12.6 Å². The zero-order valence-electron chi connectivity index (χ0n) is 14.5. The molecule has 5 nitrogen and oxygen atoms in total. The smallest absolute Gasteiger partial charge is 0.0648 e. The van der Waals surface area contributed by atoms with E-state index < -0.39 is 0 Å². The number of aliphatic hydroxyl groups is 1. The second-order valence-corrected chi connectivity index (χ2v) is 6.13. The number of pyridine rings is 1. The van der Waals surface area contributed by atoms with Gasteiger partial charge in [0.2, 0.25) is 0 Å². The Kier molecular flexibility index (Phi) is 5.93. The molecule has 0 saturated heterocycles. The molecular weight excluding hydrogens is 312 g/mol. The van der Waals surface area contributed by atoms with Crippen molar-refractivity contribution in [1.82, 2.24) is 19.7 Å². The molecule has 0 fully saturated rings. The summed E-state index contributed by atoms with van der Waals surface area (Å²) >= 11 is 0. The Morgan fingerprint density at radius 3 is 2.60 bits per heavy atom. The second kappa shape index (κ2) is 8.55. The molecule has 3 rings (SSSR count). The molecule has 0 bridgehead atoms. The molecule has 5 heteroatoms. The van der Waals surface area contributed by atoms with Gasteiger partial charge in [-0.05, 0) is 41.8 Å². The zero-order chi connectivity index (χ0) is 17.5. The Labute approximate surface area is 148 Å². The summed E-state index contributed by atoms with van der Waals surface area (Å²) in [5, 5.41) is 14.1. The molecule has 0 aliphatic rings. The van der Waals surface area contributed by atoms with E-state index in [9.17, 15) is 5.11 Å². The molecule has 2 aromatic heterocycles. The largest absolute Gasteiger partial charge is 0.395 e. The number of aromatic nitrogens is 3. The minimum Gasteiger partial charge on any atom is -0.395 e. The van der Waals surface area contributed by atoms with E-state index in [0.29, 0.717) is 0 Å². The van der Waals surface area contributed by atoms with Crippen LogP contribution in [-0.2, 0) is 13.1 Å². The van der Waals surface area contributed by atoms with E-state index in [1.54, 1.807) is 12.4 Å². The molecule has 0 aliphatic heterocycles. The zero-order valence-corrected chi connectivity index (χ0v) is 14.5. The number of rotatable bonds is 8. The highest BCUT2D eigenvalue weighted by Gasteiger charge is 2.17. The van der Waals surface area contributed by atoms with Crippen LogP contribution in [0.25, 0.3) is 5.69 Å². The third-order valence-corrected chi connectivity index (χ3v) is 4.37. The summed E-state index contributed by atoms with van der Waals surface area (Å²) in [4.78, 5) is 6.51. The van der Waals surface area contributed by atoms with Crippen LogP contribution in [0.2, 0.25) is 0 Å². The molecule has 0 spiro atoms. The molecule has 0 radical (unpaired) electrons. The highest BCUT2D eigenvalue weighted by Crippen LogP contribution is 2.17. The lowest BCUT2D eigenvalue weighted by molar-refractivity contribution is 0.106. The van der Waals surface area contributed by atoms with Gasteiger partial charge in [-0.15, -0.1) is 0 Å². The Balaban J connectivity index is 1.81. The average Bonchev–Trinajstić information content (AvgIpc) is 3.18. The number of aliphatic hydroxyl groups excluding tert-OH is 1. The minimum atomic E-state index is 0.119. The molecule has 1 aromatic carbocycles. The Morgan fingerprint density at radius 2 is 1.92 bits per heavy atom. The highest BCUT2D eigenvalue weighted by atomic mass is 16.3. The molecule has 0 saturated carbocycles. The van der Waals surface area contributed by atoms with Crippen LogP contribution in [0.1, 0.15) is 24.5 Å². The Hall–Kier alpha value is -2.50. The van der Waals surface area contributed by atoms with Gasteiger partial charge in [0.25, 0.3) is 0 Å². The van der Waals surface area contributed by atoms with Gasteiger partial charge in [0.05, 0.1) is 12.3 Å². The van der Waals surface area contributed by atoms with Crippen LogP contribution in [0.3, 0.4) is 0 Å². The topological polar surface area (TPSA) is 54.2 Å². The van der Waals surface area contributed by atoms with Crippen molar-refractivity contribution in [3.63, 3.8) is 0 Å². The van der Waals surface area contributed by atoms with Gasteiger partial charge in [-0.3, -0.25) is 9.88 Å². The van der Waals surface area contributed by atoms with Crippen LogP contribution >= 0.6 is 0 Å². The lowest BCUT2D eigenvalue weighted by atomic mass is 10.1. The number of nitrogens with zero attached hydrogens (tertiary/aromatic N) is 4. The van der Waals surface area contributed by atoms with Gasteiger partial charge in [0, 0.05) is 43.9 Å². The Morgan fingerprint density at radius 1 is 1.08 bits per heavy atom. The van der Waals surface area contributed by atoms with E-state index >= 15 is 0 Å². The third kappa shape index (κ3) is 4.53. The first-order chi connectivity index (χ1) is 12.3.